The second-order valence-electron chi connectivity index (χ2n) is 4.55. The van der Waals surface area contributed by atoms with Crippen LogP contribution in [0.25, 0.3) is 16.3 Å². The van der Waals surface area contributed by atoms with Crippen LogP contribution in [0.15, 0.2) is 60.7 Å². The Labute approximate surface area is 108 Å². The molecule has 0 heterocycles. The summed E-state index contributed by atoms with van der Waals surface area (Å²) in [7, 11) is 0. The quantitative estimate of drug-likeness (QED) is 0.636. The van der Waals surface area contributed by atoms with Crippen molar-refractivity contribution >= 4 is 16.3 Å². The zero-order valence-electron chi connectivity index (χ0n) is 10.1. The highest BCUT2D eigenvalue weighted by Crippen LogP contribution is 2.29. The van der Waals surface area contributed by atoms with Crippen molar-refractivity contribution in [3.8, 4) is 12.3 Å². The molecule has 3 rings (SSSR count). The van der Waals surface area contributed by atoms with Crippen molar-refractivity contribution in [2.24, 2.45) is 5.92 Å². The minimum atomic E-state index is 0.253. The maximum absolute atomic E-state index is 5.45. The summed E-state index contributed by atoms with van der Waals surface area (Å²) < 4.78 is 0. The van der Waals surface area contributed by atoms with Gasteiger partial charge in [0, 0.05) is 5.92 Å². The molecular weight excluding hydrogens is 216 g/mol. The van der Waals surface area contributed by atoms with Crippen molar-refractivity contribution in [3.05, 3.63) is 66.3 Å². The highest BCUT2D eigenvalue weighted by molar-refractivity contribution is 5.96. The number of terminal acetylenes is 1. The fourth-order valence-corrected chi connectivity index (χ4v) is 2.42. The topological polar surface area (TPSA) is 0 Å². The number of benzene rings is 2. The van der Waals surface area contributed by atoms with Gasteiger partial charge < -0.3 is 0 Å². The lowest BCUT2D eigenvalue weighted by Gasteiger charge is -2.13. The van der Waals surface area contributed by atoms with E-state index >= 15 is 0 Å². The van der Waals surface area contributed by atoms with E-state index in [9.17, 15) is 0 Å². The molecule has 0 saturated carbocycles. The Morgan fingerprint density at radius 1 is 1.06 bits per heavy atom. The number of hydrogen-bond donors (Lipinski definition) is 0. The van der Waals surface area contributed by atoms with Crippen molar-refractivity contribution < 1.29 is 0 Å². The highest BCUT2D eigenvalue weighted by atomic mass is 14.1. The van der Waals surface area contributed by atoms with Gasteiger partial charge in [0.2, 0.25) is 0 Å². The van der Waals surface area contributed by atoms with E-state index in [1.54, 1.807) is 0 Å². The van der Waals surface area contributed by atoms with Gasteiger partial charge in [0.15, 0.2) is 0 Å². The third-order valence-corrected chi connectivity index (χ3v) is 3.41. The Kier molecular flexibility index (Phi) is 2.74. The van der Waals surface area contributed by atoms with E-state index in [0.717, 1.165) is 6.42 Å². The summed E-state index contributed by atoms with van der Waals surface area (Å²) in [6.07, 6.45) is 12.9. The van der Waals surface area contributed by atoms with Crippen LogP contribution in [0.1, 0.15) is 12.0 Å². The average Bonchev–Trinajstić information content (AvgIpc) is 2.47. The van der Waals surface area contributed by atoms with Crippen molar-refractivity contribution in [2.45, 2.75) is 6.42 Å². The molecule has 18 heavy (non-hydrogen) atoms. The van der Waals surface area contributed by atoms with Crippen LogP contribution in [-0.4, -0.2) is 0 Å². The molecule has 0 N–H and O–H groups in total. The maximum atomic E-state index is 5.45. The van der Waals surface area contributed by atoms with E-state index in [0.29, 0.717) is 0 Å². The van der Waals surface area contributed by atoms with Crippen LogP contribution in [0.3, 0.4) is 0 Å². The monoisotopic (exact) mass is 230 g/mol. The maximum Gasteiger partial charge on any atom is 0.0418 e. The van der Waals surface area contributed by atoms with Gasteiger partial charge >= 0.3 is 0 Å². The molecule has 1 unspecified atom stereocenters. The summed E-state index contributed by atoms with van der Waals surface area (Å²) in [5.74, 6) is 3.04. The molecule has 0 aromatic heterocycles. The van der Waals surface area contributed by atoms with E-state index in [2.05, 4.69) is 66.6 Å². The van der Waals surface area contributed by atoms with Gasteiger partial charge in [-0.1, -0.05) is 66.6 Å². The molecule has 0 radical (unpaired) electrons. The molecule has 1 atom stereocenters. The molecule has 0 fully saturated rings. The van der Waals surface area contributed by atoms with Crippen molar-refractivity contribution in [3.63, 3.8) is 0 Å². The summed E-state index contributed by atoms with van der Waals surface area (Å²) in [5.41, 5.74) is 2.57. The molecule has 0 bridgehead atoms. The fraction of sp³-hybridized carbons (Fsp3) is 0.111. The zero-order chi connectivity index (χ0) is 12.4. The van der Waals surface area contributed by atoms with Gasteiger partial charge in [0.1, 0.15) is 0 Å². The van der Waals surface area contributed by atoms with Gasteiger partial charge in [0.05, 0.1) is 0 Å². The number of allylic oxidation sites excluding steroid dienone is 4. The molecule has 0 heteroatoms. The van der Waals surface area contributed by atoms with Crippen LogP contribution in [0.5, 0.6) is 0 Å². The predicted octanol–water partition coefficient (Wildman–Crippen LogP) is 4.43. The normalized spacial score (nSPS) is 18.4. The Bertz CT molecular complexity index is 675. The molecule has 0 amide bonds. The first-order chi connectivity index (χ1) is 8.88. The minimum absolute atomic E-state index is 0.253. The van der Waals surface area contributed by atoms with Crippen molar-refractivity contribution in [2.75, 3.05) is 0 Å². The molecule has 0 saturated heterocycles. The van der Waals surface area contributed by atoms with E-state index in [1.165, 1.54) is 21.9 Å². The summed E-state index contributed by atoms with van der Waals surface area (Å²) in [5, 5.41) is 2.58. The molecule has 0 nitrogen and oxygen atoms in total. The number of fused-ring (bicyclic) bond motifs is 1. The summed E-state index contributed by atoms with van der Waals surface area (Å²) in [4.78, 5) is 0. The molecule has 1 aliphatic carbocycles. The van der Waals surface area contributed by atoms with Crippen LogP contribution in [-0.2, 0) is 0 Å². The molecule has 0 spiro atoms. The second-order valence-corrected chi connectivity index (χ2v) is 4.55. The fourth-order valence-electron chi connectivity index (χ4n) is 2.42. The third kappa shape index (κ3) is 1.85. The lowest BCUT2D eigenvalue weighted by Crippen LogP contribution is -1.96. The smallest absolute Gasteiger partial charge is 0.0418 e. The van der Waals surface area contributed by atoms with Crippen molar-refractivity contribution in [1.82, 2.24) is 0 Å². The lowest BCUT2D eigenvalue weighted by molar-refractivity contribution is 0.857. The van der Waals surface area contributed by atoms with Gasteiger partial charge in [-0.25, -0.2) is 0 Å². The summed E-state index contributed by atoms with van der Waals surface area (Å²) in [6, 6.07) is 14.9. The van der Waals surface area contributed by atoms with Gasteiger partial charge in [-0.3, -0.25) is 0 Å². The first-order valence-corrected chi connectivity index (χ1v) is 6.21. The van der Waals surface area contributed by atoms with E-state index < -0.39 is 0 Å². The Hall–Kier alpha value is -2.26. The van der Waals surface area contributed by atoms with E-state index in [-0.39, 0.29) is 5.92 Å². The Morgan fingerprint density at radius 3 is 2.67 bits per heavy atom. The highest BCUT2D eigenvalue weighted by Gasteiger charge is 2.09. The molecule has 2 aromatic carbocycles. The minimum Gasteiger partial charge on any atom is -0.119 e. The average molecular weight is 230 g/mol. The number of hydrogen-bond acceptors (Lipinski definition) is 0. The van der Waals surface area contributed by atoms with Gasteiger partial charge in [-0.2, -0.15) is 0 Å². The van der Waals surface area contributed by atoms with Gasteiger partial charge in [-0.15, -0.1) is 6.42 Å². The first kappa shape index (κ1) is 10.9. The number of rotatable bonds is 1. The molecule has 1 aliphatic rings. The summed E-state index contributed by atoms with van der Waals surface area (Å²) >= 11 is 0. The predicted molar refractivity (Wildman–Crippen MR) is 78.0 cm³/mol. The van der Waals surface area contributed by atoms with Crippen LogP contribution in [0.4, 0.5) is 0 Å². The van der Waals surface area contributed by atoms with Crippen LogP contribution in [0.2, 0.25) is 0 Å². The molecular formula is C18H14. The third-order valence-electron chi connectivity index (χ3n) is 3.41. The van der Waals surface area contributed by atoms with Gasteiger partial charge in [-0.05, 0) is 28.3 Å². The largest absolute Gasteiger partial charge is 0.119 e. The van der Waals surface area contributed by atoms with Crippen LogP contribution >= 0.6 is 0 Å². The van der Waals surface area contributed by atoms with Crippen LogP contribution in [0, 0.1) is 18.3 Å². The molecule has 86 valence electrons. The van der Waals surface area contributed by atoms with E-state index in [4.69, 9.17) is 6.42 Å². The van der Waals surface area contributed by atoms with Gasteiger partial charge in [0.25, 0.3) is 0 Å². The van der Waals surface area contributed by atoms with Crippen molar-refractivity contribution in [1.29, 1.82) is 0 Å². The standard InChI is InChI=1S/C18H14/c1-2-14-10-12-16(13-11-14)18-9-5-7-15-6-3-4-8-17(15)18/h1,3-10,12-14H,11H2. The second kappa shape index (κ2) is 4.55. The summed E-state index contributed by atoms with van der Waals surface area (Å²) in [6.45, 7) is 0. The zero-order valence-corrected chi connectivity index (χ0v) is 10.1. The molecule has 0 aliphatic heterocycles. The van der Waals surface area contributed by atoms with Crippen LogP contribution < -0.4 is 0 Å². The van der Waals surface area contributed by atoms with E-state index in [1.807, 2.05) is 0 Å². The SMILES string of the molecule is C#CC1C=CC(c2cccc3ccccc23)=CC1. The molecule has 2 aromatic rings. The lowest BCUT2D eigenvalue weighted by atomic mass is 9.91. The Balaban J connectivity index is 2.09. The first-order valence-electron chi connectivity index (χ1n) is 6.21. The Morgan fingerprint density at radius 2 is 1.89 bits per heavy atom.